The van der Waals surface area contributed by atoms with E-state index < -0.39 is 11.8 Å². The summed E-state index contributed by atoms with van der Waals surface area (Å²) < 4.78 is 20.3. The Kier molecular flexibility index (Phi) is 6.44. The zero-order valence-electron chi connectivity index (χ0n) is 14.1. The van der Waals surface area contributed by atoms with E-state index >= 15 is 0 Å². The standard InChI is InChI=1S/C16H21NO6/c1-17(2)9-11(16(19)23-6)14(18)10-7-12(20-3)15(22-5)13(8-10)21-4/h7-9H,1-6H3. The van der Waals surface area contributed by atoms with Crippen molar-refractivity contribution in [1.82, 2.24) is 4.90 Å². The third-order valence-corrected chi connectivity index (χ3v) is 2.96. The molecule has 0 unspecified atom stereocenters. The van der Waals surface area contributed by atoms with Crippen LogP contribution in [0.4, 0.5) is 0 Å². The van der Waals surface area contributed by atoms with Crippen molar-refractivity contribution in [2.24, 2.45) is 0 Å². The first-order valence-corrected chi connectivity index (χ1v) is 6.70. The number of nitrogens with zero attached hydrogens (tertiary/aromatic N) is 1. The molecule has 0 atom stereocenters. The molecule has 0 fully saturated rings. The molecule has 0 aliphatic carbocycles. The van der Waals surface area contributed by atoms with Gasteiger partial charge < -0.3 is 23.8 Å². The molecular formula is C16H21NO6. The second-order valence-electron chi connectivity index (χ2n) is 4.74. The number of ether oxygens (including phenoxy) is 4. The molecule has 1 aromatic rings. The van der Waals surface area contributed by atoms with Crippen molar-refractivity contribution in [3.05, 3.63) is 29.5 Å². The Morgan fingerprint density at radius 3 is 1.83 bits per heavy atom. The smallest absolute Gasteiger partial charge is 0.343 e. The van der Waals surface area contributed by atoms with Crippen LogP contribution in [0, 0.1) is 0 Å². The van der Waals surface area contributed by atoms with Crippen LogP contribution < -0.4 is 14.2 Å². The molecule has 7 nitrogen and oxygen atoms in total. The predicted octanol–water partition coefficient (Wildman–Crippen LogP) is 1.51. The molecule has 23 heavy (non-hydrogen) atoms. The van der Waals surface area contributed by atoms with E-state index in [1.165, 1.54) is 46.8 Å². The zero-order valence-corrected chi connectivity index (χ0v) is 14.1. The van der Waals surface area contributed by atoms with E-state index in [9.17, 15) is 9.59 Å². The van der Waals surface area contributed by atoms with Gasteiger partial charge in [0, 0.05) is 25.9 Å². The lowest BCUT2D eigenvalue weighted by Crippen LogP contribution is -2.18. The quantitative estimate of drug-likeness (QED) is 0.247. The first kappa shape index (κ1) is 18.3. The van der Waals surface area contributed by atoms with Crippen LogP contribution in [0.5, 0.6) is 17.2 Å². The number of hydrogen-bond donors (Lipinski definition) is 0. The maximum absolute atomic E-state index is 12.7. The van der Waals surface area contributed by atoms with Crippen molar-refractivity contribution in [1.29, 1.82) is 0 Å². The van der Waals surface area contributed by atoms with Crippen LogP contribution in [-0.4, -0.2) is 59.2 Å². The summed E-state index contributed by atoms with van der Waals surface area (Å²) in [5.41, 5.74) is 0.116. The Hall–Kier alpha value is -2.70. The van der Waals surface area contributed by atoms with E-state index in [1.807, 2.05) is 0 Å². The first-order valence-electron chi connectivity index (χ1n) is 6.70. The maximum atomic E-state index is 12.7. The lowest BCUT2D eigenvalue weighted by molar-refractivity contribution is -0.135. The summed E-state index contributed by atoms with van der Waals surface area (Å²) in [5.74, 6) is -0.224. The fourth-order valence-electron chi connectivity index (χ4n) is 1.94. The molecule has 1 aromatic carbocycles. The van der Waals surface area contributed by atoms with Crippen molar-refractivity contribution in [3.8, 4) is 17.2 Å². The Morgan fingerprint density at radius 1 is 0.957 bits per heavy atom. The summed E-state index contributed by atoms with van der Waals surface area (Å²) in [4.78, 5) is 26.1. The number of methoxy groups -OCH3 is 4. The van der Waals surface area contributed by atoms with E-state index in [0.29, 0.717) is 17.2 Å². The van der Waals surface area contributed by atoms with Gasteiger partial charge in [-0.05, 0) is 12.1 Å². The van der Waals surface area contributed by atoms with Gasteiger partial charge in [-0.3, -0.25) is 4.79 Å². The lowest BCUT2D eigenvalue weighted by Gasteiger charge is -2.14. The van der Waals surface area contributed by atoms with Crippen LogP contribution in [-0.2, 0) is 9.53 Å². The molecule has 0 N–H and O–H groups in total. The monoisotopic (exact) mass is 323 g/mol. The third-order valence-electron chi connectivity index (χ3n) is 2.96. The second-order valence-corrected chi connectivity index (χ2v) is 4.74. The summed E-state index contributed by atoms with van der Waals surface area (Å²) in [6.45, 7) is 0. The molecule has 0 aliphatic rings. The highest BCUT2D eigenvalue weighted by atomic mass is 16.5. The van der Waals surface area contributed by atoms with E-state index in [-0.39, 0.29) is 11.1 Å². The van der Waals surface area contributed by atoms with Gasteiger partial charge in [-0.1, -0.05) is 0 Å². The number of rotatable bonds is 7. The Morgan fingerprint density at radius 2 is 1.48 bits per heavy atom. The summed E-state index contributed by atoms with van der Waals surface area (Å²) >= 11 is 0. The molecule has 0 saturated heterocycles. The van der Waals surface area contributed by atoms with Crippen molar-refractivity contribution in [3.63, 3.8) is 0 Å². The van der Waals surface area contributed by atoms with Crippen molar-refractivity contribution < 1.29 is 28.5 Å². The average molecular weight is 323 g/mol. The van der Waals surface area contributed by atoms with Crippen LogP contribution >= 0.6 is 0 Å². The highest BCUT2D eigenvalue weighted by Crippen LogP contribution is 2.38. The van der Waals surface area contributed by atoms with Crippen LogP contribution in [0.25, 0.3) is 0 Å². The van der Waals surface area contributed by atoms with E-state index in [0.717, 1.165) is 0 Å². The molecular weight excluding hydrogens is 302 g/mol. The number of hydrogen-bond acceptors (Lipinski definition) is 7. The van der Waals surface area contributed by atoms with Crippen molar-refractivity contribution in [2.75, 3.05) is 42.5 Å². The van der Waals surface area contributed by atoms with Crippen LogP contribution in [0.2, 0.25) is 0 Å². The summed E-state index contributed by atoms with van der Waals surface area (Å²) in [7, 11) is 8.98. The maximum Gasteiger partial charge on any atom is 0.343 e. The zero-order chi connectivity index (χ0) is 17.6. The molecule has 0 amide bonds. The van der Waals surface area contributed by atoms with Gasteiger partial charge in [0.2, 0.25) is 11.5 Å². The lowest BCUT2D eigenvalue weighted by atomic mass is 10.0. The Labute approximate surface area is 135 Å². The number of carbonyl (C=O) groups excluding carboxylic acids is 2. The molecule has 0 radical (unpaired) electrons. The van der Waals surface area contributed by atoms with Crippen LogP contribution in [0.3, 0.4) is 0 Å². The van der Waals surface area contributed by atoms with E-state index in [2.05, 4.69) is 4.74 Å². The van der Waals surface area contributed by atoms with Gasteiger partial charge in [0.25, 0.3) is 0 Å². The van der Waals surface area contributed by atoms with Gasteiger partial charge in [0.1, 0.15) is 5.57 Å². The molecule has 126 valence electrons. The molecule has 0 heterocycles. The largest absolute Gasteiger partial charge is 0.493 e. The molecule has 0 aromatic heterocycles. The van der Waals surface area contributed by atoms with Crippen molar-refractivity contribution >= 4 is 11.8 Å². The SMILES string of the molecule is COC(=O)C(=CN(C)C)C(=O)c1cc(OC)c(OC)c(OC)c1. The second kappa shape index (κ2) is 8.07. The molecule has 1 rings (SSSR count). The molecule has 0 aliphatic heterocycles. The molecule has 0 bridgehead atoms. The minimum absolute atomic E-state index is 0.105. The molecule has 0 spiro atoms. The minimum Gasteiger partial charge on any atom is -0.493 e. The molecule has 7 heteroatoms. The number of carbonyl (C=O) groups is 2. The summed E-state index contributed by atoms with van der Waals surface area (Å²) in [6, 6.07) is 2.96. The van der Waals surface area contributed by atoms with Gasteiger partial charge in [0.15, 0.2) is 11.5 Å². The van der Waals surface area contributed by atoms with E-state index in [4.69, 9.17) is 14.2 Å². The van der Waals surface area contributed by atoms with Gasteiger partial charge >= 0.3 is 5.97 Å². The van der Waals surface area contributed by atoms with Gasteiger partial charge in [-0.25, -0.2) is 4.79 Å². The fourth-order valence-corrected chi connectivity index (χ4v) is 1.94. The molecule has 0 saturated carbocycles. The Bertz CT molecular complexity index is 596. The summed E-state index contributed by atoms with van der Waals surface area (Å²) in [6.07, 6.45) is 1.40. The number of Topliss-reactive ketones (excluding diaryl/α,β-unsaturated/α-hetero) is 1. The highest BCUT2D eigenvalue weighted by molar-refractivity contribution is 6.24. The fraction of sp³-hybridized carbons (Fsp3) is 0.375. The predicted molar refractivity (Wildman–Crippen MR) is 84.2 cm³/mol. The van der Waals surface area contributed by atoms with Crippen LogP contribution in [0.15, 0.2) is 23.9 Å². The average Bonchev–Trinajstić information content (AvgIpc) is 2.56. The minimum atomic E-state index is -0.725. The van der Waals surface area contributed by atoms with Gasteiger partial charge in [-0.15, -0.1) is 0 Å². The third kappa shape index (κ3) is 4.15. The van der Waals surface area contributed by atoms with Crippen LogP contribution in [0.1, 0.15) is 10.4 Å². The topological polar surface area (TPSA) is 74.3 Å². The number of esters is 1. The van der Waals surface area contributed by atoms with E-state index in [1.54, 1.807) is 19.0 Å². The summed E-state index contributed by atoms with van der Waals surface area (Å²) in [5, 5.41) is 0. The number of ketones is 1. The normalized spacial score (nSPS) is 10.8. The van der Waals surface area contributed by atoms with Gasteiger partial charge in [0.05, 0.1) is 28.4 Å². The number of benzene rings is 1. The first-order chi connectivity index (χ1) is 10.9. The van der Waals surface area contributed by atoms with Crippen molar-refractivity contribution in [2.45, 2.75) is 0 Å². The highest BCUT2D eigenvalue weighted by Gasteiger charge is 2.24. The Balaban J connectivity index is 3.43. The van der Waals surface area contributed by atoms with Gasteiger partial charge in [-0.2, -0.15) is 0 Å².